The molecule has 0 atom stereocenters. The SMILES string of the molecule is CN=C(NCc1nc(C)no1)N1CCN(C(C)=O)CC1. The van der Waals surface area contributed by atoms with Crippen molar-refractivity contribution < 1.29 is 9.32 Å². The van der Waals surface area contributed by atoms with Crippen LogP contribution in [-0.4, -0.2) is 65.0 Å². The molecule has 2 rings (SSSR count). The molecule has 1 aliphatic rings. The highest BCUT2D eigenvalue weighted by Gasteiger charge is 2.21. The van der Waals surface area contributed by atoms with Crippen LogP contribution in [0.15, 0.2) is 9.52 Å². The fraction of sp³-hybridized carbons (Fsp3) is 0.667. The summed E-state index contributed by atoms with van der Waals surface area (Å²) in [6.45, 7) is 6.79. The molecule has 8 nitrogen and oxygen atoms in total. The minimum atomic E-state index is 0.119. The third-order valence-corrected chi connectivity index (χ3v) is 3.20. The Morgan fingerprint density at radius 1 is 1.35 bits per heavy atom. The van der Waals surface area contributed by atoms with Crippen molar-refractivity contribution in [3.05, 3.63) is 11.7 Å². The van der Waals surface area contributed by atoms with Gasteiger partial charge in [-0.15, -0.1) is 0 Å². The number of nitrogens with zero attached hydrogens (tertiary/aromatic N) is 5. The molecule has 8 heteroatoms. The molecule has 0 spiro atoms. The maximum atomic E-state index is 11.3. The first kappa shape index (κ1) is 14.3. The number of carbonyl (C=O) groups is 1. The zero-order valence-corrected chi connectivity index (χ0v) is 12.1. The van der Waals surface area contributed by atoms with Gasteiger partial charge in [0.1, 0.15) is 0 Å². The van der Waals surface area contributed by atoms with E-state index in [1.807, 2.05) is 4.90 Å². The fourth-order valence-electron chi connectivity index (χ4n) is 2.13. The van der Waals surface area contributed by atoms with Gasteiger partial charge in [0, 0.05) is 40.2 Å². The summed E-state index contributed by atoms with van der Waals surface area (Å²) >= 11 is 0. The highest BCUT2D eigenvalue weighted by molar-refractivity contribution is 5.80. The Morgan fingerprint density at radius 3 is 2.50 bits per heavy atom. The van der Waals surface area contributed by atoms with E-state index in [0.717, 1.165) is 32.1 Å². The molecular weight excluding hydrogens is 260 g/mol. The van der Waals surface area contributed by atoms with Crippen LogP contribution in [0.1, 0.15) is 18.6 Å². The maximum Gasteiger partial charge on any atom is 0.246 e. The number of guanidine groups is 1. The number of piperazine rings is 1. The molecule has 1 aliphatic heterocycles. The van der Waals surface area contributed by atoms with E-state index >= 15 is 0 Å². The number of carbonyl (C=O) groups excluding carboxylic acids is 1. The van der Waals surface area contributed by atoms with E-state index < -0.39 is 0 Å². The minimum Gasteiger partial charge on any atom is -0.347 e. The second-order valence-corrected chi connectivity index (χ2v) is 4.63. The zero-order valence-electron chi connectivity index (χ0n) is 12.1. The summed E-state index contributed by atoms with van der Waals surface area (Å²) in [4.78, 5) is 23.6. The minimum absolute atomic E-state index is 0.119. The highest BCUT2D eigenvalue weighted by Crippen LogP contribution is 2.03. The summed E-state index contributed by atoms with van der Waals surface area (Å²) in [5.74, 6) is 2.05. The van der Waals surface area contributed by atoms with Crippen molar-refractivity contribution in [3.63, 3.8) is 0 Å². The molecule has 0 radical (unpaired) electrons. The van der Waals surface area contributed by atoms with Gasteiger partial charge in [-0.3, -0.25) is 9.79 Å². The van der Waals surface area contributed by atoms with Gasteiger partial charge in [0.15, 0.2) is 11.8 Å². The predicted molar refractivity (Wildman–Crippen MR) is 73.1 cm³/mol. The van der Waals surface area contributed by atoms with Crippen LogP contribution in [0, 0.1) is 6.92 Å². The molecule has 1 saturated heterocycles. The van der Waals surface area contributed by atoms with Crippen LogP contribution in [0.5, 0.6) is 0 Å². The standard InChI is InChI=1S/C12H20N6O2/c1-9-15-11(20-16-9)8-14-12(13-3)18-6-4-17(5-7-18)10(2)19/h4-8H2,1-3H3,(H,13,14). The average Bonchev–Trinajstić information content (AvgIpc) is 2.86. The van der Waals surface area contributed by atoms with E-state index in [0.29, 0.717) is 18.3 Å². The largest absolute Gasteiger partial charge is 0.347 e. The molecule has 20 heavy (non-hydrogen) atoms. The lowest BCUT2D eigenvalue weighted by Crippen LogP contribution is -2.53. The van der Waals surface area contributed by atoms with Crippen molar-refractivity contribution in [2.45, 2.75) is 20.4 Å². The predicted octanol–water partition coefficient (Wildman–Crippen LogP) is -0.382. The summed E-state index contributed by atoms with van der Waals surface area (Å²) in [6, 6.07) is 0. The molecule has 0 aliphatic carbocycles. The highest BCUT2D eigenvalue weighted by atomic mass is 16.5. The molecule has 1 amide bonds. The van der Waals surface area contributed by atoms with Crippen LogP contribution in [0.4, 0.5) is 0 Å². The van der Waals surface area contributed by atoms with E-state index in [1.54, 1.807) is 20.9 Å². The molecule has 1 N–H and O–H groups in total. The Bertz CT molecular complexity index is 490. The van der Waals surface area contributed by atoms with Crippen molar-refractivity contribution >= 4 is 11.9 Å². The summed E-state index contributed by atoms with van der Waals surface area (Å²) < 4.78 is 5.05. The molecule has 0 unspecified atom stereocenters. The van der Waals surface area contributed by atoms with E-state index in [2.05, 4.69) is 25.3 Å². The normalized spacial score (nSPS) is 16.4. The van der Waals surface area contributed by atoms with E-state index in [1.165, 1.54) is 0 Å². The van der Waals surface area contributed by atoms with Gasteiger partial charge in [-0.25, -0.2) is 0 Å². The first-order chi connectivity index (χ1) is 9.60. The first-order valence-corrected chi connectivity index (χ1v) is 6.60. The van der Waals surface area contributed by atoms with Gasteiger partial charge >= 0.3 is 0 Å². The van der Waals surface area contributed by atoms with Crippen molar-refractivity contribution in [3.8, 4) is 0 Å². The number of nitrogens with one attached hydrogen (secondary N) is 1. The molecule has 1 aromatic heterocycles. The lowest BCUT2D eigenvalue weighted by atomic mass is 10.3. The lowest BCUT2D eigenvalue weighted by molar-refractivity contribution is -0.130. The average molecular weight is 280 g/mol. The number of aryl methyl sites for hydroxylation is 1. The van der Waals surface area contributed by atoms with Crippen LogP contribution >= 0.6 is 0 Å². The molecule has 0 bridgehead atoms. The molecule has 2 heterocycles. The Hall–Kier alpha value is -2.12. The van der Waals surface area contributed by atoms with Crippen LogP contribution < -0.4 is 5.32 Å². The number of aliphatic imine (C=N–C) groups is 1. The zero-order chi connectivity index (χ0) is 14.5. The van der Waals surface area contributed by atoms with Gasteiger partial charge in [-0.2, -0.15) is 4.98 Å². The van der Waals surface area contributed by atoms with Gasteiger partial charge in [0.2, 0.25) is 11.8 Å². The van der Waals surface area contributed by atoms with Gasteiger partial charge < -0.3 is 19.6 Å². The number of hydrogen-bond donors (Lipinski definition) is 1. The second-order valence-electron chi connectivity index (χ2n) is 4.63. The van der Waals surface area contributed by atoms with E-state index in [4.69, 9.17) is 4.52 Å². The van der Waals surface area contributed by atoms with Crippen molar-refractivity contribution in [1.82, 2.24) is 25.3 Å². The summed E-state index contributed by atoms with van der Waals surface area (Å²) in [5.41, 5.74) is 0. The smallest absolute Gasteiger partial charge is 0.246 e. The lowest BCUT2D eigenvalue weighted by Gasteiger charge is -2.35. The molecule has 1 aromatic rings. The molecule has 1 fully saturated rings. The van der Waals surface area contributed by atoms with Gasteiger partial charge in [0.25, 0.3) is 0 Å². The number of hydrogen-bond acceptors (Lipinski definition) is 5. The first-order valence-electron chi connectivity index (χ1n) is 6.60. The quantitative estimate of drug-likeness (QED) is 0.587. The summed E-state index contributed by atoms with van der Waals surface area (Å²) in [6.07, 6.45) is 0. The van der Waals surface area contributed by atoms with Crippen LogP contribution in [-0.2, 0) is 11.3 Å². The van der Waals surface area contributed by atoms with Gasteiger partial charge in [0.05, 0.1) is 6.54 Å². The Kier molecular flexibility index (Phi) is 4.54. The molecule has 0 saturated carbocycles. The Balaban J connectivity index is 1.85. The number of aromatic nitrogens is 2. The third-order valence-electron chi connectivity index (χ3n) is 3.20. The molecule has 110 valence electrons. The summed E-state index contributed by atoms with van der Waals surface area (Å²) in [5, 5.41) is 6.93. The van der Waals surface area contributed by atoms with Crippen LogP contribution in [0.3, 0.4) is 0 Å². The Morgan fingerprint density at radius 2 is 2.00 bits per heavy atom. The maximum absolute atomic E-state index is 11.3. The van der Waals surface area contributed by atoms with Crippen LogP contribution in [0.25, 0.3) is 0 Å². The third kappa shape index (κ3) is 3.46. The van der Waals surface area contributed by atoms with Gasteiger partial charge in [-0.05, 0) is 6.92 Å². The van der Waals surface area contributed by atoms with Crippen molar-refractivity contribution in [2.75, 3.05) is 33.2 Å². The number of amides is 1. The fourth-order valence-corrected chi connectivity index (χ4v) is 2.13. The monoisotopic (exact) mass is 280 g/mol. The summed E-state index contributed by atoms with van der Waals surface area (Å²) in [7, 11) is 1.73. The van der Waals surface area contributed by atoms with Crippen molar-refractivity contribution in [2.24, 2.45) is 4.99 Å². The van der Waals surface area contributed by atoms with Crippen molar-refractivity contribution in [1.29, 1.82) is 0 Å². The topological polar surface area (TPSA) is 86.9 Å². The second kappa shape index (κ2) is 6.36. The number of rotatable bonds is 2. The van der Waals surface area contributed by atoms with Crippen LogP contribution in [0.2, 0.25) is 0 Å². The molecular formula is C12H20N6O2. The van der Waals surface area contributed by atoms with E-state index in [-0.39, 0.29) is 5.91 Å². The Labute approximate surface area is 117 Å². The van der Waals surface area contributed by atoms with Gasteiger partial charge in [-0.1, -0.05) is 5.16 Å². The molecule has 0 aromatic carbocycles. The van der Waals surface area contributed by atoms with E-state index in [9.17, 15) is 4.79 Å².